The Kier molecular flexibility index (Phi) is 4.92. The van der Waals surface area contributed by atoms with Gasteiger partial charge in [0.2, 0.25) is 0 Å². The number of aryl methyl sites for hydroxylation is 2. The summed E-state index contributed by atoms with van der Waals surface area (Å²) < 4.78 is 4.85. The largest absolute Gasteiger partial charge is 0.441 e. The van der Waals surface area contributed by atoms with Crippen LogP contribution < -0.4 is 9.58 Å². The van der Waals surface area contributed by atoms with E-state index >= 15 is 0 Å². The topological polar surface area (TPSA) is 52.9 Å². The Morgan fingerprint density at radius 2 is 1.78 bits per heavy atom. The average molecular weight is 371 g/mol. The first-order valence-corrected chi connectivity index (χ1v) is 9.73. The molecule has 0 aliphatic carbocycles. The number of aromatic nitrogens is 3. The van der Waals surface area contributed by atoms with Gasteiger partial charge in [0.15, 0.2) is 6.33 Å². The molecule has 8 nitrogen and oxygen atoms in total. The summed E-state index contributed by atoms with van der Waals surface area (Å²) in [6.07, 6.45) is 1.72. The molecule has 0 atom stereocenters. The molecule has 2 aromatic rings. The number of rotatable bonds is 6. The van der Waals surface area contributed by atoms with Crippen LogP contribution in [0.5, 0.6) is 0 Å². The van der Waals surface area contributed by atoms with E-state index in [1.54, 1.807) is 11.0 Å². The predicted molar refractivity (Wildman–Crippen MR) is 104 cm³/mol. The summed E-state index contributed by atoms with van der Waals surface area (Å²) in [5, 5.41) is 12.8. The molecule has 0 radical (unpaired) electrons. The normalized spacial score (nSPS) is 24.6. The van der Waals surface area contributed by atoms with Crippen molar-refractivity contribution in [3.63, 3.8) is 0 Å². The van der Waals surface area contributed by atoms with Crippen LogP contribution in [0.15, 0.2) is 40.8 Å². The zero-order valence-electron chi connectivity index (χ0n) is 16.6. The van der Waals surface area contributed by atoms with Gasteiger partial charge in [-0.05, 0) is 24.3 Å². The minimum Gasteiger partial charge on any atom is -0.369 e. The highest BCUT2D eigenvalue weighted by molar-refractivity contribution is 5.52. The molecule has 3 aliphatic rings. The molecule has 0 saturated carbocycles. The third kappa shape index (κ3) is 3.86. The number of likely N-dealkylation sites (N-methyl/N-ethyl adjacent to an activating group) is 1. The molecular weight excluding hydrogens is 340 g/mol. The fraction of sp³-hybridized carbons (Fsp3) is 0.579. The van der Waals surface area contributed by atoms with Gasteiger partial charge < -0.3 is 9.38 Å². The van der Waals surface area contributed by atoms with Crippen molar-refractivity contribution >= 4 is 17.3 Å². The maximum atomic E-state index is 4.34. The lowest BCUT2D eigenvalue weighted by molar-refractivity contribution is -0.939. The summed E-state index contributed by atoms with van der Waals surface area (Å²) in [6.45, 7) is 10.1. The van der Waals surface area contributed by atoms with Crippen molar-refractivity contribution < 1.29 is 9.16 Å². The molecule has 1 aromatic carbocycles. The van der Waals surface area contributed by atoms with Crippen LogP contribution in [0.2, 0.25) is 0 Å². The Morgan fingerprint density at radius 3 is 2.37 bits per heavy atom. The van der Waals surface area contributed by atoms with Gasteiger partial charge >= 0.3 is 5.95 Å². The fourth-order valence-corrected chi connectivity index (χ4v) is 4.06. The summed E-state index contributed by atoms with van der Waals surface area (Å²) in [6, 6.07) is 8.31. The number of hydrogen-bond donors (Lipinski definition) is 0. The van der Waals surface area contributed by atoms with Crippen molar-refractivity contribution in [1.29, 1.82) is 0 Å². The van der Waals surface area contributed by atoms with Crippen LogP contribution in [0.3, 0.4) is 0 Å². The summed E-state index contributed by atoms with van der Waals surface area (Å²) in [5.74, 6) is 0.715. The van der Waals surface area contributed by atoms with Gasteiger partial charge in [0.05, 0.1) is 46.8 Å². The molecular formula is C19H30N8+2. The molecule has 144 valence electrons. The lowest BCUT2D eigenvalue weighted by atomic mass is 10.1. The standard InChI is InChI=1S/C19H30N8/c1-23(8-12-27-13-9-26(10-14-27)11-15-27)18-6-4-17(5-7-18)21-22-19-24(2)16-20-25(19)3/h4-7,16H,8-15H2,1-3H3/q+2. The molecule has 4 heterocycles. The molecule has 27 heavy (non-hydrogen) atoms. The minimum absolute atomic E-state index is 0.715. The maximum absolute atomic E-state index is 4.34. The van der Waals surface area contributed by atoms with E-state index in [1.807, 2.05) is 30.8 Å². The van der Waals surface area contributed by atoms with Crippen LogP contribution in [-0.2, 0) is 14.1 Å². The van der Waals surface area contributed by atoms with E-state index in [4.69, 9.17) is 0 Å². The van der Waals surface area contributed by atoms with Crippen molar-refractivity contribution in [2.75, 3.05) is 64.3 Å². The van der Waals surface area contributed by atoms with Gasteiger partial charge in [-0.1, -0.05) is 10.2 Å². The van der Waals surface area contributed by atoms with Crippen LogP contribution in [0.1, 0.15) is 0 Å². The molecule has 3 aliphatic heterocycles. The molecule has 0 spiro atoms. The average Bonchev–Trinajstić information content (AvgIpc) is 3.04. The first-order valence-electron chi connectivity index (χ1n) is 9.73. The summed E-state index contributed by atoms with van der Waals surface area (Å²) in [5.41, 5.74) is 2.08. The lowest BCUT2D eigenvalue weighted by Gasteiger charge is -2.51. The maximum Gasteiger partial charge on any atom is 0.441 e. The van der Waals surface area contributed by atoms with E-state index in [1.165, 1.54) is 56.0 Å². The molecule has 3 fully saturated rings. The molecule has 1 aromatic heterocycles. The third-order valence-corrected chi connectivity index (χ3v) is 6.13. The molecule has 0 N–H and O–H groups in total. The molecule has 5 rings (SSSR count). The van der Waals surface area contributed by atoms with Gasteiger partial charge in [0, 0.05) is 37.5 Å². The molecule has 0 unspecified atom stereocenters. The van der Waals surface area contributed by atoms with Gasteiger partial charge in [-0.2, -0.15) is 0 Å². The van der Waals surface area contributed by atoms with Crippen LogP contribution in [-0.4, -0.2) is 78.5 Å². The quantitative estimate of drug-likeness (QED) is 0.437. The molecule has 8 heteroatoms. The lowest BCUT2D eigenvalue weighted by Crippen LogP contribution is -2.68. The Labute approximate surface area is 160 Å². The van der Waals surface area contributed by atoms with Crippen molar-refractivity contribution in [3.8, 4) is 0 Å². The van der Waals surface area contributed by atoms with Gasteiger partial charge in [-0.15, -0.1) is 4.68 Å². The van der Waals surface area contributed by atoms with Crippen molar-refractivity contribution in [1.82, 2.24) is 14.6 Å². The van der Waals surface area contributed by atoms with Crippen molar-refractivity contribution in [3.05, 3.63) is 30.6 Å². The first-order chi connectivity index (χ1) is 13.0. The molecule has 2 bridgehead atoms. The van der Waals surface area contributed by atoms with Gasteiger partial charge in [-0.25, -0.2) is 4.57 Å². The van der Waals surface area contributed by atoms with E-state index in [9.17, 15) is 0 Å². The number of azo groups is 1. The highest BCUT2D eigenvalue weighted by Gasteiger charge is 2.38. The third-order valence-electron chi connectivity index (χ3n) is 6.13. The van der Waals surface area contributed by atoms with E-state index in [-0.39, 0.29) is 0 Å². The highest BCUT2D eigenvalue weighted by Crippen LogP contribution is 2.22. The van der Waals surface area contributed by atoms with Crippen molar-refractivity contribution in [2.45, 2.75) is 0 Å². The van der Waals surface area contributed by atoms with Crippen LogP contribution in [0.25, 0.3) is 0 Å². The Balaban J connectivity index is 1.35. The second kappa shape index (κ2) is 7.36. The second-order valence-corrected chi connectivity index (χ2v) is 7.88. The fourth-order valence-electron chi connectivity index (χ4n) is 4.06. The number of quaternary nitrogens is 1. The van der Waals surface area contributed by atoms with Crippen molar-refractivity contribution in [2.24, 2.45) is 24.3 Å². The number of nitrogens with zero attached hydrogens (tertiary/aromatic N) is 8. The summed E-state index contributed by atoms with van der Waals surface area (Å²) in [7, 11) is 5.96. The van der Waals surface area contributed by atoms with Crippen LogP contribution >= 0.6 is 0 Å². The summed E-state index contributed by atoms with van der Waals surface area (Å²) in [4.78, 5) is 4.96. The minimum atomic E-state index is 0.715. The second-order valence-electron chi connectivity index (χ2n) is 7.88. The van der Waals surface area contributed by atoms with Crippen LogP contribution in [0, 0.1) is 0 Å². The highest BCUT2D eigenvalue weighted by atomic mass is 15.5. The van der Waals surface area contributed by atoms with Gasteiger partial charge in [-0.3, -0.25) is 4.90 Å². The number of anilines is 1. The Morgan fingerprint density at radius 1 is 1.11 bits per heavy atom. The first kappa shape index (κ1) is 18.1. The number of fused-ring (bicyclic) bond motifs is 3. The summed E-state index contributed by atoms with van der Waals surface area (Å²) >= 11 is 0. The van der Waals surface area contributed by atoms with Crippen LogP contribution in [0.4, 0.5) is 17.3 Å². The Bertz CT molecular complexity index is 768. The monoisotopic (exact) mass is 370 g/mol. The van der Waals surface area contributed by atoms with E-state index < -0.39 is 0 Å². The van der Waals surface area contributed by atoms with E-state index in [0.29, 0.717) is 5.95 Å². The van der Waals surface area contributed by atoms with E-state index in [2.05, 4.69) is 44.3 Å². The molecule has 3 saturated heterocycles. The van der Waals surface area contributed by atoms with Gasteiger partial charge in [0.1, 0.15) is 5.69 Å². The number of benzene rings is 1. The SMILES string of the molecule is CN(CC[N+]12CCN(CC1)CC2)c1ccc(/N=N/c2n(C)cn[n+]2C)cc1. The zero-order valence-corrected chi connectivity index (χ0v) is 16.6. The number of piperazine rings is 3. The zero-order chi connectivity index (χ0) is 18.9. The predicted octanol–water partition coefficient (Wildman–Crippen LogP) is 1.24. The Hall–Kier alpha value is -2.32. The molecule has 0 amide bonds. The van der Waals surface area contributed by atoms with E-state index in [0.717, 1.165) is 12.2 Å². The number of hydrogen-bond acceptors (Lipinski definition) is 5. The smallest absolute Gasteiger partial charge is 0.369 e. The van der Waals surface area contributed by atoms with Gasteiger partial charge in [0.25, 0.3) is 0 Å².